The van der Waals surface area contributed by atoms with Crippen LogP contribution in [0.1, 0.15) is 12.6 Å². The maximum Gasteiger partial charge on any atom is 0.269 e. The van der Waals surface area contributed by atoms with E-state index in [9.17, 15) is 20.3 Å². The molecule has 0 aliphatic carbocycles. The summed E-state index contributed by atoms with van der Waals surface area (Å²) in [6.07, 6.45) is 1.53. The van der Waals surface area contributed by atoms with Crippen molar-refractivity contribution in [2.75, 3.05) is 26.8 Å². The molecule has 24 heavy (non-hydrogen) atoms. The van der Waals surface area contributed by atoms with Gasteiger partial charge in [-0.1, -0.05) is 6.92 Å². The highest BCUT2D eigenvalue weighted by Gasteiger charge is 2.24. The minimum Gasteiger partial charge on any atom is -0.444 e. The van der Waals surface area contributed by atoms with Gasteiger partial charge in [0.05, 0.1) is 23.8 Å². The van der Waals surface area contributed by atoms with E-state index in [2.05, 4.69) is 4.98 Å². The number of benzene rings is 1. The average molecular weight is 335 g/mol. The topological polar surface area (TPSA) is 113 Å². The van der Waals surface area contributed by atoms with Gasteiger partial charge >= 0.3 is 0 Å². The molecule has 2 rings (SSSR count). The highest BCUT2D eigenvalue weighted by Crippen LogP contribution is 2.23. The number of nitrogens with zero attached hydrogens (tertiary/aromatic N) is 3. The van der Waals surface area contributed by atoms with E-state index in [0.29, 0.717) is 30.2 Å². The van der Waals surface area contributed by atoms with Gasteiger partial charge in [-0.15, -0.1) is 0 Å². The molecule has 0 fully saturated rings. The standard InChI is InChI=1S/C16H21N3O5/c1-16(10-20,11-21)9-18(2)7-13-8-24-15(17-13)12-3-5-14(6-4-12)19(22)23/h3-6,8,20-21H,7,9-11H2,1-2H3. The van der Waals surface area contributed by atoms with Gasteiger partial charge in [0.1, 0.15) is 6.26 Å². The zero-order valence-corrected chi connectivity index (χ0v) is 13.7. The highest BCUT2D eigenvalue weighted by atomic mass is 16.6. The summed E-state index contributed by atoms with van der Waals surface area (Å²) in [7, 11) is 1.86. The van der Waals surface area contributed by atoms with Crippen molar-refractivity contribution in [3.63, 3.8) is 0 Å². The molecule has 8 heteroatoms. The fraction of sp³-hybridized carbons (Fsp3) is 0.438. The monoisotopic (exact) mass is 335 g/mol. The number of non-ortho nitro benzene ring substituents is 1. The molecule has 0 bridgehead atoms. The van der Waals surface area contributed by atoms with Crippen molar-refractivity contribution in [3.8, 4) is 11.5 Å². The van der Waals surface area contributed by atoms with E-state index >= 15 is 0 Å². The Balaban J connectivity index is 2.03. The summed E-state index contributed by atoms with van der Waals surface area (Å²) in [5.74, 6) is 0.389. The second-order valence-electron chi connectivity index (χ2n) is 6.25. The van der Waals surface area contributed by atoms with Gasteiger partial charge in [0.2, 0.25) is 5.89 Å². The third kappa shape index (κ3) is 4.38. The van der Waals surface area contributed by atoms with Crippen LogP contribution in [0, 0.1) is 15.5 Å². The van der Waals surface area contributed by atoms with Crippen molar-refractivity contribution in [2.45, 2.75) is 13.5 Å². The van der Waals surface area contributed by atoms with Gasteiger partial charge in [0.15, 0.2) is 0 Å². The van der Waals surface area contributed by atoms with E-state index in [1.807, 2.05) is 11.9 Å². The number of aromatic nitrogens is 1. The van der Waals surface area contributed by atoms with Crippen LogP contribution in [0.3, 0.4) is 0 Å². The van der Waals surface area contributed by atoms with Crippen LogP contribution in [0.15, 0.2) is 34.9 Å². The average Bonchev–Trinajstić information content (AvgIpc) is 3.03. The minimum absolute atomic E-state index is 0.0116. The fourth-order valence-corrected chi connectivity index (χ4v) is 2.37. The van der Waals surface area contributed by atoms with Crippen molar-refractivity contribution in [1.82, 2.24) is 9.88 Å². The Kier molecular flexibility index (Phi) is 5.66. The van der Waals surface area contributed by atoms with Gasteiger partial charge < -0.3 is 14.6 Å². The minimum atomic E-state index is -0.584. The molecule has 1 aromatic carbocycles. The molecule has 0 aliphatic rings. The normalized spacial score (nSPS) is 11.9. The lowest BCUT2D eigenvalue weighted by molar-refractivity contribution is -0.384. The molecule has 0 saturated carbocycles. The number of hydrogen-bond donors (Lipinski definition) is 2. The zero-order chi connectivity index (χ0) is 17.7. The maximum absolute atomic E-state index is 10.7. The first kappa shape index (κ1) is 18.1. The molecule has 8 nitrogen and oxygen atoms in total. The second kappa shape index (κ2) is 7.52. The fourth-order valence-electron chi connectivity index (χ4n) is 2.37. The first-order chi connectivity index (χ1) is 11.4. The van der Waals surface area contributed by atoms with Crippen LogP contribution >= 0.6 is 0 Å². The third-order valence-corrected chi connectivity index (χ3v) is 3.72. The molecule has 1 aromatic heterocycles. The van der Waals surface area contributed by atoms with Gasteiger partial charge in [-0.3, -0.25) is 15.0 Å². The molecule has 0 amide bonds. The van der Waals surface area contributed by atoms with Gasteiger partial charge in [-0.05, 0) is 19.2 Å². The van der Waals surface area contributed by atoms with E-state index in [4.69, 9.17) is 4.42 Å². The number of oxazole rings is 1. The predicted molar refractivity (Wildman–Crippen MR) is 87.2 cm³/mol. The van der Waals surface area contributed by atoms with E-state index in [1.165, 1.54) is 18.4 Å². The summed E-state index contributed by atoms with van der Waals surface area (Å²) in [4.78, 5) is 16.5. The van der Waals surface area contributed by atoms with Gasteiger partial charge in [0.25, 0.3) is 5.69 Å². The molecule has 0 spiro atoms. The van der Waals surface area contributed by atoms with E-state index < -0.39 is 10.3 Å². The maximum atomic E-state index is 10.7. The lowest BCUT2D eigenvalue weighted by Gasteiger charge is -2.29. The molecule has 2 N–H and O–H groups in total. The van der Waals surface area contributed by atoms with Crippen LogP contribution in [0.5, 0.6) is 0 Å². The second-order valence-corrected chi connectivity index (χ2v) is 6.25. The molecular weight excluding hydrogens is 314 g/mol. The van der Waals surface area contributed by atoms with Gasteiger partial charge in [-0.2, -0.15) is 0 Å². The van der Waals surface area contributed by atoms with Crippen molar-refractivity contribution in [1.29, 1.82) is 0 Å². The van der Waals surface area contributed by atoms with Crippen molar-refractivity contribution < 1.29 is 19.6 Å². The van der Waals surface area contributed by atoms with Crippen molar-refractivity contribution in [2.24, 2.45) is 5.41 Å². The lowest BCUT2D eigenvalue weighted by Crippen LogP contribution is -2.38. The van der Waals surface area contributed by atoms with Crippen molar-refractivity contribution >= 4 is 5.69 Å². The highest BCUT2D eigenvalue weighted by molar-refractivity contribution is 5.55. The van der Waals surface area contributed by atoms with Crippen LogP contribution < -0.4 is 0 Å². The number of hydrogen-bond acceptors (Lipinski definition) is 7. The summed E-state index contributed by atoms with van der Waals surface area (Å²) in [5.41, 5.74) is 0.784. The van der Waals surface area contributed by atoms with Crippen LogP contribution in [0.4, 0.5) is 5.69 Å². The smallest absolute Gasteiger partial charge is 0.269 e. The van der Waals surface area contributed by atoms with E-state index in [-0.39, 0.29) is 18.9 Å². The van der Waals surface area contributed by atoms with E-state index in [1.54, 1.807) is 19.1 Å². The molecule has 1 heterocycles. The molecule has 0 atom stereocenters. The summed E-state index contributed by atoms with van der Waals surface area (Å²) in [6, 6.07) is 5.98. The summed E-state index contributed by atoms with van der Waals surface area (Å²) >= 11 is 0. The van der Waals surface area contributed by atoms with Gasteiger partial charge in [0, 0.05) is 36.2 Å². The molecule has 0 saturated heterocycles. The number of aliphatic hydroxyl groups excluding tert-OH is 2. The van der Waals surface area contributed by atoms with Crippen LogP contribution in [0.2, 0.25) is 0 Å². The third-order valence-electron chi connectivity index (χ3n) is 3.72. The Bertz CT molecular complexity index is 679. The predicted octanol–water partition coefficient (Wildman–Crippen LogP) is 1.67. The van der Waals surface area contributed by atoms with Crippen LogP contribution in [0.25, 0.3) is 11.5 Å². The molecule has 2 aromatic rings. The Morgan fingerprint density at radius 2 is 1.92 bits per heavy atom. The quantitative estimate of drug-likeness (QED) is 0.557. The number of nitro groups is 1. The first-order valence-electron chi connectivity index (χ1n) is 7.46. The molecule has 0 aliphatic heterocycles. The molecule has 0 unspecified atom stereocenters. The van der Waals surface area contributed by atoms with E-state index in [0.717, 1.165) is 0 Å². The zero-order valence-electron chi connectivity index (χ0n) is 13.7. The Hall–Kier alpha value is -2.29. The summed E-state index contributed by atoms with van der Waals surface area (Å²) < 4.78 is 5.43. The SMILES string of the molecule is CN(Cc1coc(-c2ccc([N+](=O)[O-])cc2)n1)CC(C)(CO)CO. The van der Waals surface area contributed by atoms with Crippen LogP contribution in [-0.4, -0.2) is 51.8 Å². The van der Waals surface area contributed by atoms with Crippen molar-refractivity contribution in [3.05, 3.63) is 46.3 Å². The number of aliphatic hydroxyl groups is 2. The molecule has 0 radical (unpaired) electrons. The summed E-state index contributed by atoms with van der Waals surface area (Å²) in [6.45, 7) is 2.57. The summed E-state index contributed by atoms with van der Waals surface area (Å²) in [5, 5.41) is 29.4. The lowest BCUT2D eigenvalue weighted by atomic mass is 9.92. The Morgan fingerprint density at radius 3 is 2.46 bits per heavy atom. The number of rotatable bonds is 8. The largest absolute Gasteiger partial charge is 0.444 e. The number of nitro benzene ring substituents is 1. The first-order valence-corrected chi connectivity index (χ1v) is 7.46. The molecular formula is C16H21N3O5. The Morgan fingerprint density at radius 1 is 1.29 bits per heavy atom. The Labute approximate surface area is 139 Å². The molecule has 130 valence electrons. The van der Waals surface area contributed by atoms with Gasteiger partial charge in [-0.25, -0.2) is 4.98 Å². The van der Waals surface area contributed by atoms with Crippen LogP contribution in [-0.2, 0) is 6.54 Å².